The SMILES string of the molecule is CC(C)Oc1ccc(NC(N)=NCc2coc(-c3cccs3)n2)cc1.I. The van der Waals surface area contributed by atoms with E-state index in [1.54, 1.807) is 17.6 Å². The lowest BCUT2D eigenvalue weighted by Crippen LogP contribution is -2.22. The number of benzene rings is 1. The number of ether oxygens (including phenoxy) is 1. The van der Waals surface area contributed by atoms with Crippen molar-refractivity contribution in [3.05, 3.63) is 53.7 Å². The highest BCUT2D eigenvalue weighted by atomic mass is 127. The summed E-state index contributed by atoms with van der Waals surface area (Å²) in [6.07, 6.45) is 1.75. The third-order valence-corrected chi connectivity index (χ3v) is 4.05. The number of halogens is 1. The summed E-state index contributed by atoms with van der Waals surface area (Å²) in [7, 11) is 0. The van der Waals surface area contributed by atoms with Gasteiger partial charge in [0.05, 0.1) is 17.5 Å². The first-order valence-corrected chi connectivity index (χ1v) is 8.80. The van der Waals surface area contributed by atoms with Gasteiger partial charge < -0.3 is 20.2 Å². The molecule has 138 valence electrons. The van der Waals surface area contributed by atoms with Gasteiger partial charge in [-0.25, -0.2) is 9.98 Å². The zero-order valence-corrected chi connectivity index (χ0v) is 17.7. The summed E-state index contributed by atoms with van der Waals surface area (Å²) in [4.78, 5) is 9.69. The molecule has 0 aliphatic heterocycles. The Bertz CT molecular complexity index is 829. The second-order valence-electron chi connectivity index (χ2n) is 5.64. The van der Waals surface area contributed by atoms with Crippen LogP contribution in [0.3, 0.4) is 0 Å². The number of oxazole rings is 1. The number of aromatic nitrogens is 1. The second-order valence-corrected chi connectivity index (χ2v) is 6.59. The van der Waals surface area contributed by atoms with Gasteiger partial charge in [0.25, 0.3) is 0 Å². The van der Waals surface area contributed by atoms with E-state index in [0.29, 0.717) is 18.4 Å². The van der Waals surface area contributed by atoms with Crippen molar-refractivity contribution in [3.63, 3.8) is 0 Å². The molecule has 26 heavy (non-hydrogen) atoms. The van der Waals surface area contributed by atoms with Gasteiger partial charge in [-0.15, -0.1) is 35.3 Å². The molecule has 0 saturated carbocycles. The Balaban J connectivity index is 0.00000243. The van der Waals surface area contributed by atoms with Crippen LogP contribution in [0, 0.1) is 0 Å². The van der Waals surface area contributed by atoms with Crippen LogP contribution in [-0.4, -0.2) is 17.0 Å². The quantitative estimate of drug-likeness (QED) is 0.300. The summed E-state index contributed by atoms with van der Waals surface area (Å²) < 4.78 is 11.1. The zero-order chi connectivity index (χ0) is 17.6. The van der Waals surface area contributed by atoms with Crippen molar-refractivity contribution >= 4 is 47.0 Å². The van der Waals surface area contributed by atoms with Gasteiger partial charge in [-0.2, -0.15) is 0 Å². The maximum absolute atomic E-state index is 5.93. The standard InChI is InChI=1S/C18H20N4O2S.HI/c1-12(2)24-15-7-5-13(6-8-15)22-18(19)20-10-14-11-23-17(21-14)16-4-3-9-25-16;/h3-9,11-12H,10H2,1-2H3,(H3,19,20,22);1H. The molecule has 0 amide bonds. The third kappa shape index (κ3) is 5.73. The number of rotatable bonds is 6. The lowest BCUT2D eigenvalue weighted by Gasteiger charge is -2.10. The summed E-state index contributed by atoms with van der Waals surface area (Å²) in [5.41, 5.74) is 7.50. The summed E-state index contributed by atoms with van der Waals surface area (Å²) in [6, 6.07) is 11.5. The molecule has 0 radical (unpaired) electrons. The molecule has 0 aliphatic rings. The van der Waals surface area contributed by atoms with Gasteiger partial charge >= 0.3 is 0 Å². The molecule has 0 saturated heterocycles. The molecule has 2 aromatic heterocycles. The Morgan fingerprint density at radius 3 is 2.73 bits per heavy atom. The summed E-state index contributed by atoms with van der Waals surface area (Å²) in [6.45, 7) is 4.33. The number of nitrogens with one attached hydrogen (secondary N) is 1. The van der Waals surface area contributed by atoms with Crippen molar-refractivity contribution < 1.29 is 9.15 Å². The fourth-order valence-corrected chi connectivity index (χ4v) is 2.79. The Morgan fingerprint density at radius 1 is 1.31 bits per heavy atom. The number of aliphatic imine (C=N–C) groups is 1. The molecule has 0 atom stereocenters. The van der Waals surface area contributed by atoms with Crippen LogP contribution in [0.4, 0.5) is 5.69 Å². The molecule has 3 rings (SSSR count). The van der Waals surface area contributed by atoms with Gasteiger partial charge in [0.15, 0.2) is 5.96 Å². The Kier molecular flexibility index (Phi) is 7.46. The lowest BCUT2D eigenvalue weighted by atomic mass is 10.3. The van der Waals surface area contributed by atoms with Crippen molar-refractivity contribution in [1.82, 2.24) is 4.98 Å². The lowest BCUT2D eigenvalue weighted by molar-refractivity contribution is 0.242. The number of hydrogen-bond acceptors (Lipinski definition) is 5. The van der Waals surface area contributed by atoms with Gasteiger partial charge in [-0.1, -0.05) is 6.07 Å². The maximum Gasteiger partial charge on any atom is 0.236 e. The minimum Gasteiger partial charge on any atom is -0.491 e. The van der Waals surface area contributed by atoms with Crippen LogP contribution in [0.2, 0.25) is 0 Å². The van der Waals surface area contributed by atoms with E-state index in [1.165, 1.54) is 0 Å². The highest BCUT2D eigenvalue weighted by molar-refractivity contribution is 14.0. The van der Waals surface area contributed by atoms with E-state index < -0.39 is 0 Å². The van der Waals surface area contributed by atoms with Gasteiger partial charge in [-0.3, -0.25) is 0 Å². The minimum atomic E-state index is 0. The Morgan fingerprint density at radius 2 is 2.08 bits per heavy atom. The largest absolute Gasteiger partial charge is 0.491 e. The van der Waals surface area contributed by atoms with Crippen LogP contribution in [-0.2, 0) is 6.54 Å². The molecule has 3 aromatic rings. The van der Waals surface area contributed by atoms with E-state index in [1.807, 2.05) is 55.6 Å². The second kappa shape index (κ2) is 9.58. The summed E-state index contributed by atoms with van der Waals surface area (Å²) >= 11 is 1.58. The Labute approximate surface area is 173 Å². The average Bonchev–Trinajstić information content (AvgIpc) is 3.25. The van der Waals surface area contributed by atoms with Gasteiger partial charge in [0.2, 0.25) is 5.89 Å². The average molecular weight is 484 g/mol. The summed E-state index contributed by atoms with van der Waals surface area (Å²) in [5, 5.41) is 5.03. The van der Waals surface area contributed by atoms with E-state index in [2.05, 4.69) is 15.3 Å². The maximum atomic E-state index is 5.93. The van der Waals surface area contributed by atoms with Crippen molar-refractivity contribution in [2.24, 2.45) is 10.7 Å². The fourth-order valence-electron chi connectivity index (χ4n) is 2.14. The first kappa shape index (κ1) is 20.2. The van der Waals surface area contributed by atoms with Crippen LogP contribution in [0.1, 0.15) is 19.5 Å². The number of guanidine groups is 1. The molecule has 6 nitrogen and oxygen atoms in total. The van der Waals surface area contributed by atoms with Gasteiger partial charge in [-0.05, 0) is 49.6 Å². The molecular weight excluding hydrogens is 463 g/mol. The van der Waals surface area contributed by atoms with E-state index >= 15 is 0 Å². The molecule has 0 bridgehead atoms. The van der Waals surface area contributed by atoms with Crippen LogP contribution >= 0.6 is 35.3 Å². The molecule has 8 heteroatoms. The normalized spacial score (nSPS) is 11.3. The number of thiophene rings is 1. The van der Waals surface area contributed by atoms with Crippen LogP contribution in [0.15, 0.2) is 57.5 Å². The number of nitrogens with zero attached hydrogens (tertiary/aromatic N) is 2. The van der Waals surface area contributed by atoms with Crippen molar-refractivity contribution in [2.45, 2.75) is 26.5 Å². The molecule has 0 fully saturated rings. The summed E-state index contributed by atoms with van der Waals surface area (Å²) in [5.74, 6) is 1.74. The first-order chi connectivity index (χ1) is 12.1. The monoisotopic (exact) mass is 484 g/mol. The molecule has 3 N–H and O–H groups in total. The van der Waals surface area contributed by atoms with E-state index in [-0.39, 0.29) is 30.1 Å². The third-order valence-electron chi connectivity index (χ3n) is 3.19. The molecule has 2 heterocycles. The number of anilines is 1. The highest BCUT2D eigenvalue weighted by Gasteiger charge is 2.07. The van der Waals surface area contributed by atoms with Crippen LogP contribution in [0.5, 0.6) is 5.75 Å². The van der Waals surface area contributed by atoms with Gasteiger partial charge in [0, 0.05) is 5.69 Å². The van der Waals surface area contributed by atoms with E-state index in [4.69, 9.17) is 14.9 Å². The fraction of sp³-hybridized carbons (Fsp3) is 0.222. The molecule has 0 unspecified atom stereocenters. The van der Waals surface area contributed by atoms with Crippen molar-refractivity contribution in [1.29, 1.82) is 0 Å². The number of hydrogen-bond donors (Lipinski definition) is 2. The predicted octanol–water partition coefficient (Wildman–Crippen LogP) is 4.74. The van der Waals surface area contributed by atoms with Crippen molar-refractivity contribution in [2.75, 3.05) is 5.32 Å². The first-order valence-electron chi connectivity index (χ1n) is 7.92. The smallest absolute Gasteiger partial charge is 0.236 e. The van der Waals surface area contributed by atoms with Crippen molar-refractivity contribution in [3.8, 4) is 16.5 Å². The topological polar surface area (TPSA) is 85.7 Å². The van der Waals surface area contributed by atoms with E-state index in [9.17, 15) is 0 Å². The highest BCUT2D eigenvalue weighted by Crippen LogP contribution is 2.23. The van der Waals surface area contributed by atoms with Crippen LogP contribution in [0.25, 0.3) is 10.8 Å². The minimum absolute atomic E-state index is 0. The van der Waals surface area contributed by atoms with Crippen LogP contribution < -0.4 is 15.8 Å². The number of nitrogens with two attached hydrogens (primary N) is 1. The Hall–Kier alpha value is -2.07. The zero-order valence-electron chi connectivity index (χ0n) is 14.5. The molecular formula is C18H21IN4O2S. The predicted molar refractivity (Wildman–Crippen MR) is 116 cm³/mol. The molecule has 1 aromatic carbocycles. The van der Waals surface area contributed by atoms with Gasteiger partial charge in [0.1, 0.15) is 17.7 Å². The molecule has 0 spiro atoms. The molecule has 0 aliphatic carbocycles. The van der Waals surface area contributed by atoms with E-state index in [0.717, 1.165) is 22.0 Å².